The summed E-state index contributed by atoms with van der Waals surface area (Å²) in [5.41, 5.74) is 0.193. The Labute approximate surface area is 134 Å². The number of hydrogen-bond acceptors (Lipinski definition) is 6. The van der Waals surface area contributed by atoms with Gasteiger partial charge in [-0.2, -0.15) is 5.10 Å². The summed E-state index contributed by atoms with van der Waals surface area (Å²) in [6, 6.07) is 0. The highest BCUT2D eigenvalue weighted by molar-refractivity contribution is 7.89. The molecule has 0 spiro atoms. The summed E-state index contributed by atoms with van der Waals surface area (Å²) in [5, 5.41) is 3.94. The number of sulfonamides is 1. The van der Waals surface area contributed by atoms with E-state index in [2.05, 4.69) is 14.8 Å². The number of esters is 1. The molecule has 2 rings (SSSR count). The summed E-state index contributed by atoms with van der Waals surface area (Å²) in [4.78, 5) is 15.5. The summed E-state index contributed by atoms with van der Waals surface area (Å²) in [6.45, 7) is 4.96. The van der Waals surface area contributed by atoms with Gasteiger partial charge in [0.2, 0.25) is 10.0 Å². The van der Waals surface area contributed by atoms with Crippen molar-refractivity contribution in [3.05, 3.63) is 30.6 Å². The molecule has 0 atom stereocenters. The van der Waals surface area contributed by atoms with Crippen LogP contribution in [0.4, 0.5) is 0 Å². The normalized spacial score (nSPS) is 11.6. The van der Waals surface area contributed by atoms with Crippen LogP contribution in [-0.2, 0) is 27.8 Å². The Morgan fingerprint density at radius 1 is 1.35 bits per heavy atom. The molecule has 23 heavy (non-hydrogen) atoms. The molecular formula is C13H19N5O4S. The van der Waals surface area contributed by atoms with Gasteiger partial charge in [-0.25, -0.2) is 22.9 Å². The summed E-state index contributed by atoms with van der Waals surface area (Å²) in [6.07, 6.45) is 5.75. The number of rotatable bonds is 8. The zero-order chi connectivity index (χ0) is 16.9. The first-order chi connectivity index (χ1) is 11.0. The zero-order valence-electron chi connectivity index (χ0n) is 13.0. The van der Waals surface area contributed by atoms with Crippen molar-refractivity contribution >= 4 is 16.0 Å². The molecule has 0 unspecified atom stereocenters. The lowest BCUT2D eigenvalue weighted by Gasteiger charge is -2.05. The number of carbonyl (C=O) groups is 1. The fraction of sp³-hybridized carbons (Fsp3) is 0.462. The molecule has 0 aliphatic rings. The molecule has 0 bridgehead atoms. The Kier molecular flexibility index (Phi) is 5.50. The molecule has 9 nitrogen and oxygen atoms in total. The van der Waals surface area contributed by atoms with Crippen molar-refractivity contribution in [3.8, 4) is 0 Å². The molecule has 0 saturated carbocycles. The Balaban J connectivity index is 1.90. The molecule has 0 fully saturated rings. The van der Waals surface area contributed by atoms with E-state index in [1.165, 1.54) is 29.6 Å². The van der Waals surface area contributed by atoms with E-state index < -0.39 is 16.0 Å². The van der Waals surface area contributed by atoms with Crippen LogP contribution in [0.1, 0.15) is 24.3 Å². The number of aryl methyl sites for hydroxylation is 1. The van der Waals surface area contributed by atoms with E-state index in [4.69, 9.17) is 4.74 Å². The minimum Gasteiger partial charge on any atom is -0.461 e. The second-order valence-corrected chi connectivity index (χ2v) is 6.41. The maximum atomic E-state index is 12.1. The van der Waals surface area contributed by atoms with Crippen LogP contribution in [-0.4, -0.2) is 46.9 Å². The maximum Gasteiger partial charge on any atom is 0.358 e. The van der Waals surface area contributed by atoms with Gasteiger partial charge in [0.15, 0.2) is 5.69 Å². The van der Waals surface area contributed by atoms with Crippen molar-refractivity contribution in [3.63, 3.8) is 0 Å². The molecule has 0 aromatic carbocycles. The number of nitrogens with zero attached hydrogens (tertiary/aromatic N) is 4. The highest BCUT2D eigenvalue weighted by atomic mass is 32.2. The van der Waals surface area contributed by atoms with Crippen molar-refractivity contribution in [2.24, 2.45) is 0 Å². The predicted molar refractivity (Wildman–Crippen MR) is 81.3 cm³/mol. The second-order valence-electron chi connectivity index (χ2n) is 4.65. The third-order valence-corrected chi connectivity index (χ3v) is 4.44. The van der Waals surface area contributed by atoms with Crippen LogP contribution in [0.3, 0.4) is 0 Å². The van der Waals surface area contributed by atoms with Crippen LogP contribution in [0, 0.1) is 0 Å². The molecule has 2 aromatic heterocycles. The fourth-order valence-corrected chi connectivity index (χ4v) is 2.81. The van der Waals surface area contributed by atoms with E-state index in [-0.39, 0.29) is 23.7 Å². The third-order valence-electron chi connectivity index (χ3n) is 3.02. The minimum absolute atomic E-state index is 0.122. The lowest BCUT2D eigenvalue weighted by atomic mass is 10.5. The van der Waals surface area contributed by atoms with Crippen LogP contribution >= 0.6 is 0 Å². The highest BCUT2D eigenvalue weighted by Gasteiger charge is 2.16. The average Bonchev–Trinajstić information content (AvgIpc) is 3.16. The van der Waals surface area contributed by atoms with Crippen molar-refractivity contribution in [1.82, 2.24) is 24.1 Å². The lowest BCUT2D eigenvalue weighted by molar-refractivity contribution is 0.0520. The largest absolute Gasteiger partial charge is 0.461 e. The first-order valence-electron chi connectivity index (χ1n) is 7.17. The van der Waals surface area contributed by atoms with E-state index in [0.717, 1.165) is 0 Å². The predicted octanol–water partition coefficient (Wildman–Crippen LogP) is 0.255. The number of carbonyl (C=O) groups excluding carboxylic acids is 1. The second kappa shape index (κ2) is 7.38. The highest BCUT2D eigenvalue weighted by Crippen LogP contribution is 2.06. The number of aromatic nitrogens is 4. The molecule has 0 radical (unpaired) electrons. The third kappa shape index (κ3) is 4.39. The Morgan fingerprint density at radius 2 is 2.13 bits per heavy atom. The SMILES string of the molecule is CCOC(=O)c1cn(CCNS(=O)(=O)c2cnn(CC)c2)cn1. The van der Waals surface area contributed by atoms with E-state index in [1.807, 2.05) is 6.92 Å². The van der Waals surface area contributed by atoms with Gasteiger partial charge in [-0.05, 0) is 13.8 Å². The molecule has 126 valence electrons. The van der Waals surface area contributed by atoms with Crippen molar-refractivity contribution < 1.29 is 17.9 Å². The van der Waals surface area contributed by atoms with Crippen LogP contribution in [0.25, 0.3) is 0 Å². The van der Waals surface area contributed by atoms with Crippen molar-refractivity contribution in [2.45, 2.75) is 31.8 Å². The molecule has 0 amide bonds. The van der Waals surface area contributed by atoms with E-state index in [1.54, 1.807) is 11.5 Å². The van der Waals surface area contributed by atoms with Crippen LogP contribution in [0.5, 0.6) is 0 Å². The first-order valence-corrected chi connectivity index (χ1v) is 8.65. The van der Waals surface area contributed by atoms with Crippen LogP contribution in [0.2, 0.25) is 0 Å². The smallest absolute Gasteiger partial charge is 0.358 e. The molecule has 0 aliphatic carbocycles. The van der Waals surface area contributed by atoms with Crippen LogP contribution < -0.4 is 4.72 Å². The summed E-state index contributed by atoms with van der Waals surface area (Å²) < 4.78 is 34.6. The molecule has 10 heteroatoms. The number of ether oxygens (including phenoxy) is 1. The first kappa shape index (κ1) is 17.2. The number of nitrogens with one attached hydrogen (secondary N) is 1. The molecular weight excluding hydrogens is 322 g/mol. The van der Waals surface area contributed by atoms with Gasteiger partial charge in [0.1, 0.15) is 4.90 Å². The van der Waals surface area contributed by atoms with Crippen molar-refractivity contribution in [2.75, 3.05) is 13.2 Å². The minimum atomic E-state index is -3.60. The number of imidazole rings is 1. The average molecular weight is 341 g/mol. The number of hydrogen-bond donors (Lipinski definition) is 1. The van der Waals surface area contributed by atoms with Gasteiger partial charge in [0.05, 0.1) is 19.1 Å². The van der Waals surface area contributed by atoms with E-state index in [9.17, 15) is 13.2 Å². The van der Waals surface area contributed by atoms with E-state index in [0.29, 0.717) is 13.1 Å². The lowest BCUT2D eigenvalue weighted by Crippen LogP contribution is -2.27. The van der Waals surface area contributed by atoms with Crippen molar-refractivity contribution in [1.29, 1.82) is 0 Å². The van der Waals surface area contributed by atoms with Gasteiger partial charge in [-0.1, -0.05) is 0 Å². The van der Waals surface area contributed by atoms with Gasteiger partial charge < -0.3 is 9.30 Å². The molecule has 1 N–H and O–H groups in total. The monoisotopic (exact) mass is 341 g/mol. The topological polar surface area (TPSA) is 108 Å². The van der Waals surface area contributed by atoms with Gasteiger partial charge in [-0.3, -0.25) is 4.68 Å². The summed E-state index contributed by atoms with van der Waals surface area (Å²) in [5.74, 6) is -0.501. The molecule has 0 aliphatic heterocycles. The quantitative estimate of drug-likeness (QED) is 0.690. The Bertz CT molecular complexity index is 765. The fourth-order valence-electron chi connectivity index (χ4n) is 1.84. The molecule has 2 aromatic rings. The molecule has 0 saturated heterocycles. The van der Waals surface area contributed by atoms with Gasteiger partial charge in [0.25, 0.3) is 0 Å². The Hall–Kier alpha value is -2.20. The summed E-state index contributed by atoms with van der Waals surface area (Å²) in [7, 11) is -3.60. The summed E-state index contributed by atoms with van der Waals surface area (Å²) >= 11 is 0. The van der Waals surface area contributed by atoms with Gasteiger partial charge in [-0.15, -0.1) is 0 Å². The molecule has 2 heterocycles. The van der Waals surface area contributed by atoms with Gasteiger partial charge in [0, 0.05) is 32.0 Å². The zero-order valence-corrected chi connectivity index (χ0v) is 13.8. The van der Waals surface area contributed by atoms with Gasteiger partial charge >= 0.3 is 5.97 Å². The maximum absolute atomic E-state index is 12.1. The van der Waals surface area contributed by atoms with E-state index >= 15 is 0 Å². The standard InChI is InChI=1S/C13H19N5O4S/c1-3-18-8-11(7-15-18)23(20,21)16-5-6-17-9-12(14-10-17)13(19)22-4-2/h7-10,16H,3-6H2,1-2H3. The van der Waals surface area contributed by atoms with Crippen LogP contribution in [0.15, 0.2) is 29.8 Å². The Morgan fingerprint density at radius 3 is 2.78 bits per heavy atom.